The van der Waals surface area contributed by atoms with Gasteiger partial charge in [0.15, 0.2) is 0 Å². The fourth-order valence-corrected chi connectivity index (χ4v) is 3.63. The van der Waals surface area contributed by atoms with Gasteiger partial charge in [-0.2, -0.15) is 0 Å². The summed E-state index contributed by atoms with van der Waals surface area (Å²) in [6.45, 7) is 3.47. The molecule has 1 N–H and O–H groups in total. The van der Waals surface area contributed by atoms with Crippen LogP contribution in [0.2, 0.25) is 5.02 Å². The Hall–Kier alpha value is -2.32. The summed E-state index contributed by atoms with van der Waals surface area (Å²) in [6.07, 6.45) is 0. The van der Waals surface area contributed by atoms with E-state index in [0.717, 1.165) is 0 Å². The van der Waals surface area contributed by atoms with Gasteiger partial charge in [0.1, 0.15) is 10.6 Å². The van der Waals surface area contributed by atoms with Crippen molar-refractivity contribution in [1.82, 2.24) is 0 Å². The van der Waals surface area contributed by atoms with Crippen LogP contribution >= 0.6 is 11.6 Å². The van der Waals surface area contributed by atoms with Crippen LogP contribution < -0.4 is 9.46 Å². The average molecular weight is 371 g/mol. The summed E-state index contributed by atoms with van der Waals surface area (Å²) >= 11 is 5.89. The molecular formula is C15H15ClN2O5S. The van der Waals surface area contributed by atoms with Crippen molar-refractivity contribution in [2.24, 2.45) is 0 Å². The number of ether oxygens (including phenoxy) is 1. The van der Waals surface area contributed by atoms with Crippen molar-refractivity contribution in [3.05, 3.63) is 57.1 Å². The number of nitrogens with one attached hydrogen (secondary N) is 1. The van der Waals surface area contributed by atoms with Gasteiger partial charge < -0.3 is 4.74 Å². The second-order valence-electron chi connectivity index (χ2n) is 4.84. The second kappa shape index (κ2) is 7.06. The van der Waals surface area contributed by atoms with Gasteiger partial charge in [0.2, 0.25) is 0 Å². The molecule has 0 saturated carbocycles. The number of sulfonamides is 1. The molecule has 0 aromatic heterocycles. The fraction of sp³-hybridized carbons (Fsp3) is 0.200. The number of nitrogens with zero attached hydrogens (tertiary/aromatic N) is 1. The molecule has 0 unspecified atom stereocenters. The molecule has 0 amide bonds. The van der Waals surface area contributed by atoms with Crippen LogP contribution in [0, 0.1) is 17.0 Å². The molecule has 0 heterocycles. The number of halogens is 1. The van der Waals surface area contributed by atoms with E-state index in [-0.39, 0.29) is 39.2 Å². The molecule has 2 aromatic carbocycles. The summed E-state index contributed by atoms with van der Waals surface area (Å²) in [5, 5.41) is 11.2. The summed E-state index contributed by atoms with van der Waals surface area (Å²) in [4.78, 5) is 10.3. The van der Waals surface area contributed by atoms with Gasteiger partial charge in [-0.1, -0.05) is 17.7 Å². The molecule has 9 heteroatoms. The van der Waals surface area contributed by atoms with Gasteiger partial charge >= 0.3 is 0 Å². The molecule has 2 rings (SSSR count). The van der Waals surface area contributed by atoms with Crippen LogP contribution in [0.3, 0.4) is 0 Å². The molecule has 0 aliphatic rings. The summed E-state index contributed by atoms with van der Waals surface area (Å²) < 4.78 is 33.0. The van der Waals surface area contributed by atoms with Crippen LogP contribution in [-0.4, -0.2) is 19.9 Å². The third-order valence-electron chi connectivity index (χ3n) is 3.24. The zero-order valence-corrected chi connectivity index (χ0v) is 14.5. The summed E-state index contributed by atoms with van der Waals surface area (Å²) in [5.74, 6) is 0.150. The molecule has 0 bridgehead atoms. The van der Waals surface area contributed by atoms with E-state index in [9.17, 15) is 18.5 Å². The lowest BCUT2D eigenvalue weighted by molar-refractivity contribution is -0.385. The van der Waals surface area contributed by atoms with Crippen molar-refractivity contribution in [1.29, 1.82) is 0 Å². The van der Waals surface area contributed by atoms with Gasteiger partial charge in [-0.05, 0) is 38.1 Å². The van der Waals surface area contributed by atoms with Gasteiger partial charge in [0.25, 0.3) is 15.7 Å². The highest BCUT2D eigenvalue weighted by molar-refractivity contribution is 7.92. The van der Waals surface area contributed by atoms with Crippen LogP contribution in [0.15, 0.2) is 41.3 Å². The number of hydrogen-bond donors (Lipinski definition) is 1. The SMILES string of the molecule is CCOc1ccc(Cl)cc1S(=O)(=O)Nc1cccc([N+](=O)[O-])c1C. The Balaban J connectivity index is 2.49. The molecule has 0 fully saturated rings. The number of hydrogen-bond acceptors (Lipinski definition) is 5. The van der Waals surface area contributed by atoms with Crippen LogP contribution in [-0.2, 0) is 10.0 Å². The first-order valence-electron chi connectivity index (χ1n) is 6.95. The Morgan fingerprint density at radius 2 is 2.00 bits per heavy atom. The van der Waals surface area contributed by atoms with Crippen LogP contribution in [0.25, 0.3) is 0 Å². The first-order valence-corrected chi connectivity index (χ1v) is 8.81. The van der Waals surface area contributed by atoms with Crippen LogP contribution in [0.1, 0.15) is 12.5 Å². The van der Waals surface area contributed by atoms with Crippen molar-refractivity contribution in [2.45, 2.75) is 18.7 Å². The zero-order chi connectivity index (χ0) is 17.9. The van der Waals surface area contributed by atoms with Crippen LogP contribution in [0.5, 0.6) is 5.75 Å². The third-order valence-corrected chi connectivity index (χ3v) is 4.86. The van der Waals surface area contributed by atoms with Crippen molar-refractivity contribution in [2.75, 3.05) is 11.3 Å². The maximum absolute atomic E-state index is 12.7. The van der Waals surface area contributed by atoms with E-state index in [1.807, 2.05) is 0 Å². The summed E-state index contributed by atoms with van der Waals surface area (Å²) in [6, 6.07) is 8.40. The van der Waals surface area contributed by atoms with Gasteiger partial charge in [-0.15, -0.1) is 0 Å². The second-order valence-corrected chi connectivity index (χ2v) is 6.92. The van der Waals surface area contributed by atoms with Gasteiger partial charge in [0, 0.05) is 11.1 Å². The Labute approximate surface area is 144 Å². The molecule has 24 heavy (non-hydrogen) atoms. The molecule has 0 radical (unpaired) electrons. The Morgan fingerprint density at radius 3 is 2.62 bits per heavy atom. The monoisotopic (exact) mass is 370 g/mol. The standard InChI is InChI=1S/C15H15ClN2O5S/c1-3-23-14-8-7-11(16)9-15(14)24(21,22)17-12-5-4-6-13(10(12)2)18(19)20/h4-9,17H,3H2,1-2H3. The smallest absolute Gasteiger partial charge is 0.274 e. The lowest BCUT2D eigenvalue weighted by atomic mass is 10.2. The summed E-state index contributed by atoms with van der Waals surface area (Å²) in [7, 11) is -4.04. The highest BCUT2D eigenvalue weighted by Gasteiger charge is 2.23. The number of anilines is 1. The fourth-order valence-electron chi connectivity index (χ4n) is 2.10. The van der Waals surface area contributed by atoms with E-state index in [1.165, 1.54) is 43.3 Å². The van der Waals surface area contributed by atoms with Gasteiger partial charge in [-0.25, -0.2) is 8.42 Å². The maximum Gasteiger partial charge on any atom is 0.274 e. The quantitative estimate of drug-likeness (QED) is 0.616. The molecule has 0 aliphatic heterocycles. The molecule has 0 aliphatic carbocycles. The predicted octanol–water partition coefficient (Wildman–Crippen LogP) is 3.76. The van der Waals surface area contributed by atoms with E-state index in [1.54, 1.807) is 6.92 Å². The van der Waals surface area contributed by atoms with E-state index in [0.29, 0.717) is 0 Å². The minimum atomic E-state index is -4.04. The number of rotatable bonds is 6. The zero-order valence-electron chi connectivity index (χ0n) is 12.9. The lowest BCUT2D eigenvalue weighted by Crippen LogP contribution is -2.15. The first kappa shape index (κ1) is 18.0. The third kappa shape index (κ3) is 3.77. The normalized spacial score (nSPS) is 11.1. The molecule has 0 saturated heterocycles. The minimum absolute atomic E-state index is 0.117. The number of nitro groups is 1. The predicted molar refractivity (Wildman–Crippen MR) is 91.3 cm³/mol. The van der Waals surface area contributed by atoms with Gasteiger partial charge in [-0.3, -0.25) is 14.8 Å². The van der Waals surface area contributed by atoms with Crippen LogP contribution in [0.4, 0.5) is 11.4 Å². The van der Waals surface area contributed by atoms with E-state index >= 15 is 0 Å². The van der Waals surface area contributed by atoms with E-state index < -0.39 is 14.9 Å². The Kier molecular flexibility index (Phi) is 5.30. The summed E-state index contributed by atoms with van der Waals surface area (Å²) in [5.41, 5.74) is 0.156. The maximum atomic E-state index is 12.7. The highest BCUT2D eigenvalue weighted by Crippen LogP contribution is 2.31. The van der Waals surface area contributed by atoms with E-state index in [4.69, 9.17) is 16.3 Å². The first-order chi connectivity index (χ1) is 11.3. The molecule has 0 atom stereocenters. The largest absolute Gasteiger partial charge is 0.492 e. The van der Waals surface area contributed by atoms with Crippen molar-refractivity contribution in [3.63, 3.8) is 0 Å². The Bertz CT molecular complexity index is 883. The molecule has 7 nitrogen and oxygen atoms in total. The number of nitro benzene ring substituents is 1. The average Bonchev–Trinajstić information content (AvgIpc) is 2.51. The van der Waals surface area contributed by atoms with Crippen molar-refractivity contribution in [3.8, 4) is 5.75 Å². The van der Waals surface area contributed by atoms with Crippen molar-refractivity contribution >= 4 is 33.0 Å². The van der Waals surface area contributed by atoms with Gasteiger partial charge in [0.05, 0.1) is 22.8 Å². The molecule has 2 aromatic rings. The molecule has 128 valence electrons. The highest BCUT2D eigenvalue weighted by atomic mass is 35.5. The topological polar surface area (TPSA) is 98.5 Å². The Morgan fingerprint density at radius 1 is 1.29 bits per heavy atom. The minimum Gasteiger partial charge on any atom is -0.492 e. The lowest BCUT2D eigenvalue weighted by Gasteiger charge is -2.14. The van der Waals surface area contributed by atoms with Crippen molar-refractivity contribution < 1.29 is 18.1 Å². The van der Waals surface area contributed by atoms with E-state index in [2.05, 4.69) is 4.72 Å². The molecular weight excluding hydrogens is 356 g/mol. The number of benzene rings is 2. The molecule has 0 spiro atoms.